The fourth-order valence-corrected chi connectivity index (χ4v) is 4.12. The molecule has 3 aromatic heterocycles. The second-order valence-electron chi connectivity index (χ2n) is 7.84. The molecule has 6 aromatic rings. The highest BCUT2D eigenvalue weighted by atomic mass is 35.5. The number of furan rings is 1. The lowest BCUT2D eigenvalue weighted by molar-refractivity contribution is 0.102. The van der Waals surface area contributed by atoms with Crippen molar-refractivity contribution in [2.75, 3.05) is 5.32 Å². The summed E-state index contributed by atoms with van der Waals surface area (Å²) in [6, 6.07) is 17.2. The predicted molar refractivity (Wildman–Crippen MR) is 135 cm³/mol. The Hall–Kier alpha value is -4.50. The number of aromatic nitrogens is 4. The van der Waals surface area contributed by atoms with Gasteiger partial charge < -0.3 is 14.7 Å². The van der Waals surface area contributed by atoms with Crippen molar-refractivity contribution < 1.29 is 9.21 Å². The Balaban J connectivity index is 1.34. The van der Waals surface area contributed by atoms with E-state index in [0.29, 0.717) is 44.2 Å². The van der Waals surface area contributed by atoms with Crippen molar-refractivity contribution in [2.24, 2.45) is 0 Å². The van der Waals surface area contributed by atoms with Crippen LogP contribution in [0.4, 0.5) is 5.69 Å². The SMILES string of the molecule is [B]c1ccc2oc3c(=O)[nH]c(-c4ccc(NC(=O)c5cnc6ccccc6n5)cc4Cl)nc3c2c1. The molecule has 3 aromatic carbocycles. The van der Waals surface area contributed by atoms with Crippen LogP contribution in [0, 0.1) is 0 Å². The summed E-state index contributed by atoms with van der Waals surface area (Å²) in [6.07, 6.45) is 1.42. The number of nitrogens with zero attached hydrogens (tertiary/aromatic N) is 3. The van der Waals surface area contributed by atoms with Gasteiger partial charge in [0.15, 0.2) is 0 Å². The van der Waals surface area contributed by atoms with Gasteiger partial charge in [-0.25, -0.2) is 9.97 Å². The van der Waals surface area contributed by atoms with Crippen molar-refractivity contribution in [1.82, 2.24) is 19.9 Å². The maximum Gasteiger partial charge on any atom is 0.294 e. The van der Waals surface area contributed by atoms with E-state index >= 15 is 0 Å². The summed E-state index contributed by atoms with van der Waals surface area (Å²) >= 11 is 6.51. The number of nitrogens with one attached hydrogen (secondary N) is 2. The zero-order valence-corrected chi connectivity index (χ0v) is 18.6. The summed E-state index contributed by atoms with van der Waals surface area (Å²) in [5.74, 6) is -0.168. The van der Waals surface area contributed by atoms with Gasteiger partial charge >= 0.3 is 0 Å². The van der Waals surface area contributed by atoms with Crippen LogP contribution in [-0.4, -0.2) is 33.7 Å². The van der Waals surface area contributed by atoms with Gasteiger partial charge in [0.25, 0.3) is 11.5 Å². The first-order valence-electron chi connectivity index (χ1n) is 10.5. The van der Waals surface area contributed by atoms with Crippen LogP contribution in [0.15, 0.2) is 76.1 Å². The van der Waals surface area contributed by atoms with E-state index in [9.17, 15) is 9.59 Å². The number of hydrogen-bond donors (Lipinski definition) is 2. The molecule has 1 amide bonds. The molecule has 3 heterocycles. The number of halogens is 1. The number of amides is 1. The molecule has 0 spiro atoms. The lowest BCUT2D eigenvalue weighted by Crippen LogP contribution is -2.14. The summed E-state index contributed by atoms with van der Waals surface area (Å²) in [5.41, 5.74) is 3.49. The number of carbonyl (C=O) groups excluding carboxylic acids is 1. The van der Waals surface area contributed by atoms with Crippen LogP contribution in [0.5, 0.6) is 0 Å². The Morgan fingerprint density at radius 3 is 2.69 bits per heavy atom. The molecule has 0 saturated carbocycles. The lowest BCUT2D eigenvalue weighted by atomic mass is 9.95. The molecule has 10 heteroatoms. The molecule has 0 aliphatic carbocycles. The Labute approximate surface area is 203 Å². The Bertz CT molecular complexity index is 1860. The number of aromatic amines is 1. The number of hydrogen-bond acceptors (Lipinski definition) is 6. The number of H-pyrrole nitrogens is 1. The molecule has 0 saturated heterocycles. The van der Waals surface area contributed by atoms with Crippen molar-refractivity contribution >= 4 is 69.6 Å². The van der Waals surface area contributed by atoms with Crippen molar-refractivity contribution in [3.63, 3.8) is 0 Å². The quantitative estimate of drug-likeness (QED) is 0.373. The molecule has 0 atom stereocenters. The number of rotatable bonds is 3. The largest absolute Gasteiger partial charge is 0.449 e. The maximum atomic E-state index is 12.7. The third kappa shape index (κ3) is 3.72. The normalized spacial score (nSPS) is 11.3. The van der Waals surface area contributed by atoms with Gasteiger partial charge in [-0.05, 0) is 36.4 Å². The van der Waals surface area contributed by atoms with Crippen molar-refractivity contribution in [3.8, 4) is 11.4 Å². The summed E-state index contributed by atoms with van der Waals surface area (Å²) in [4.78, 5) is 41.3. The molecule has 2 radical (unpaired) electrons. The fourth-order valence-electron chi connectivity index (χ4n) is 3.85. The minimum Gasteiger partial charge on any atom is -0.449 e. The average molecular weight is 478 g/mol. The first-order chi connectivity index (χ1) is 17.0. The topological polar surface area (TPSA) is 114 Å². The van der Waals surface area contributed by atoms with Gasteiger partial charge in [-0.3, -0.25) is 14.6 Å². The standard InChI is InChI=1S/C25H13BClN5O3/c26-12-5-8-20-15(9-12)21-22(35-20)25(34)32-23(31-21)14-7-6-13(10-16(14)27)29-24(33)19-11-28-17-3-1-2-4-18(17)30-19/h1-11H,(H,29,33)(H,31,32,34). The molecule has 35 heavy (non-hydrogen) atoms. The second kappa shape index (κ2) is 8.07. The lowest BCUT2D eigenvalue weighted by Gasteiger charge is -2.09. The van der Waals surface area contributed by atoms with Crippen LogP contribution in [0.25, 0.3) is 44.5 Å². The van der Waals surface area contributed by atoms with Crippen molar-refractivity contribution in [1.29, 1.82) is 0 Å². The monoisotopic (exact) mass is 477 g/mol. The van der Waals surface area contributed by atoms with Gasteiger partial charge in [0.2, 0.25) is 5.58 Å². The highest BCUT2D eigenvalue weighted by Gasteiger charge is 2.17. The van der Waals surface area contributed by atoms with Crippen LogP contribution >= 0.6 is 11.6 Å². The minimum absolute atomic E-state index is 0.103. The Morgan fingerprint density at radius 1 is 1.03 bits per heavy atom. The van der Waals surface area contributed by atoms with Crippen LogP contribution in [0.1, 0.15) is 10.5 Å². The van der Waals surface area contributed by atoms with Crippen molar-refractivity contribution in [2.45, 2.75) is 0 Å². The van der Waals surface area contributed by atoms with E-state index in [1.54, 1.807) is 42.5 Å². The van der Waals surface area contributed by atoms with Crippen LogP contribution < -0.4 is 16.3 Å². The van der Waals surface area contributed by atoms with E-state index < -0.39 is 11.5 Å². The average Bonchev–Trinajstić information content (AvgIpc) is 3.22. The molecule has 8 nitrogen and oxygen atoms in total. The predicted octanol–water partition coefficient (Wildman–Crippen LogP) is 3.98. The zero-order chi connectivity index (χ0) is 24.1. The summed E-state index contributed by atoms with van der Waals surface area (Å²) in [7, 11) is 5.89. The van der Waals surface area contributed by atoms with Gasteiger partial charge in [-0.2, -0.15) is 0 Å². The van der Waals surface area contributed by atoms with Gasteiger partial charge in [-0.15, -0.1) is 0 Å². The highest BCUT2D eigenvalue weighted by molar-refractivity contribution is 6.34. The first-order valence-corrected chi connectivity index (χ1v) is 10.9. The van der Waals surface area contributed by atoms with Gasteiger partial charge in [0, 0.05) is 16.6 Å². The van der Waals surface area contributed by atoms with Crippen LogP contribution in [-0.2, 0) is 0 Å². The Kier molecular flexibility index (Phi) is 4.86. The van der Waals surface area contributed by atoms with E-state index in [4.69, 9.17) is 23.9 Å². The summed E-state index contributed by atoms with van der Waals surface area (Å²) < 4.78 is 5.64. The fraction of sp³-hybridized carbons (Fsp3) is 0. The number of fused-ring (bicyclic) bond motifs is 4. The summed E-state index contributed by atoms with van der Waals surface area (Å²) in [6.45, 7) is 0. The molecule has 6 rings (SSSR count). The number of benzene rings is 3. The third-order valence-corrected chi connectivity index (χ3v) is 5.82. The van der Waals surface area contributed by atoms with E-state index in [1.807, 2.05) is 18.2 Å². The summed E-state index contributed by atoms with van der Waals surface area (Å²) in [5, 5.41) is 3.67. The molecule has 0 bridgehead atoms. The van der Waals surface area contributed by atoms with Gasteiger partial charge in [0.1, 0.15) is 30.5 Å². The number of anilines is 1. The maximum absolute atomic E-state index is 12.7. The van der Waals surface area contributed by atoms with E-state index in [2.05, 4.69) is 25.3 Å². The molecular weight excluding hydrogens is 465 g/mol. The molecular formula is C25H13BClN5O3. The molecule has 166 valence electrons. The van der Waals surface area contributed by atoms with E-state index in [0.717, 1.165) is 0 Å². The molecule has 0 aliphatic rings. The highest BCUT2D eigenvalue weighted by Crippen LogP contribution is 2.30. The Morgan fingerprint density at radius 2 is 1.86 bits per heavy atom. The minimum atomic E-state index is -0.442. The second-order valence-corrected chi connectivity index (χ2v) is 8.25. The molecule has 2 N–H and O–H groups in total. The van der Waals surface area contributed by atoms with Crippen LogP contribution in [0.3, 0.4) is 0 Å². The number of para-hydroxylation sites is 2. The number of carbonyl (C=O) groups is 1. The molecule has 0 fully saturated rings. The van der Waals surface area contributed by atoms with E-state index in [-0.39, 0.29) is 22.1 Å². The first kappa shape index (κ1) is 21.1. The third-order valence-electron chi connectivity index (χ3n) is 5.51. The zero-order valence-electron chi connectivity index (χ0n) is 17.9. The molecule has 0 unspecified atom stereocenters. The van der Waals surface area contributed by atoms with Gasteiger partial charge in [0.05, 0.1) is 22.3 Å². The smallest absolute Gasteiger partial charge is 0.294 e. The molecule has 0 aliphatic heterocycles. The van der Waals surface area contributed by atoms with Crippen molar-refractivity contribution in [3.05, 3.63) is 87.9 Å². The van der Waals surface area contributed by atoms with E-state index in [1.165, 1.54) is 6.20 Å². The van der Waals surface area contributed by atoms with Crippen LogP contribution in [0.2, 0.25) is 5.02 Å². The van der Waals surface area contributed by atoms with Gasteiger partial charge in [-0.1, -0.05) is 41.3 Å².